The molecule has 0 N–H and O–H groups in total. The first kappa shape index (κ1) is 22.2. The first-order valence-electron chi connectivity index (χ1n) is 11.5. The third kappa shape index (κ3) is 5.58. The average Bonchev–Trinajstić information content (AvgIpc) is 2.74. The van der Waals surface area contributed by atoms with Crippen LogP contribution in [-0.4, -0.2) is 6.61 Å². The van der Waals surface area contributed by atoms with Gasteiger partial charge in [0, 0.05) is 11.5 Å². The quantitative estimate of drug-likeness (QED) is 0.443. The number of rotatable bonds is 7. The molecule has 2 fully saturated rings. The van der Waals surface area contributed by atoms with Gasteiger partial charge in [0.1, 0.15) is 5.83 Å². The number of hydrogen-bond donors (Lipinski definition) is 0. The molecule has 0 saturated heterocycles. The Labute approximate surface area is 173 Å². The summed E-state index contributed by atoms with van der Waals surface area (Å²) in [6.07, 6.45) is 12.9. The van der Waals surface area contributed by atoms with Crippen molar-refractivity contribution in [1.82, 2.24) is 0 Å². The Bertz CT molecular complexity index is 684. The van der Waals surface area contributed by atoms with Gasteiger partial charge in [-0.2, -0.15) is 4.39 Å². The fourth-order valence-electron chi connectivity index (χ4n) is 5.41. The zero-order chi connectivity index (χ0) is 20.8. The second-order valence-corrected chi connectivity index (χ2v) is 8.92. The van der Waals surface area contributed by atoms with Crippen LogP contribution in [0.25, 0.3) is 6.08 Å². The highest BCUT2D eigenvalue weighted by molar-refractivity contribution is 5.54. The molecule has 0 unspecified atom stereocenters. The van der Waals surface area contributed by atoms with E-state index in [1.165, 1.54) is 56.7 Å². The molecule has 0 aromatic heterocycles. The Balaban J connectivity index is 1.55. The lowest BCUT2D eigenvalue weighted by molar-refractivity contribution is 0.146. The Hall–Kier alpha value is -1.45. The van der Waals surface area contributed by atoms with Gasteiger partial charge in [0.15, 0.2) is 11.6 Å². The van der Waals surface area contributed by atoms with Gasteiger partial charge in [0.05, 0.1) is 6.61 Å². The topological polar surface area (TPSA) is 9.23 Å². The van der Waals surface area contributed by atoms with E-state index in [4.69, 9.17) is 4.74 Å². The highest BCUT2D eigenvalue weighted by Gasteiger charge is 2.32. The van der Waals surface area contributed by atoms with E-state index in [0.29, 0.717) is 5.92 Å². The summed E-state index contributed by atoms with van der Waals surface area (Å²) in [5, 5.41) is 0. The first-order valence-corrected chi connectivity index (χ1v) is 11.5. The summed E-state index contributed by atoms with van der Waals surface area (Å²) in [4.78, 5) is 0. The van der Waals surface area contributed by atoms with Gasteiger partial charge in [-0.3, -0.25) is 0 Å². The van der Waals surface area contributed by atoms with Crippen molar-refractivity contribution in [3.63, 3.8) is 0 Å². The molecule has 2 saturated carbocycles. The molecule has 0 radical (unpaired) electrons. The molecule has 0 aliphatic heterocycles. The summed E-state index contributed by atoms with van der Waals surface area (Å²) < 4.78 is 48.1. The van der Waals surface area contributed by atoms with Crippen molar-refractivity contribution in [3.8, 4) is 5.75 Å². The third-order valence-electron chi connectivity index (χ3n) is 7.09. The van der Waals surface area contributed by atoms with Gasteiger partial charge in [-0.05, 0) is 81.4 Å². The standard InChI is InChI=1S/C25H35F3O/c1-3-5-17-6-8-18(9-7-17)19-10-12-20(13-11-19)22(26)16-21-14-15-23(29-4-2)25(28)24(21)27/h14-20H,3-13H2,1-2H3/b22-16-. The summed E-state index contributed by atoms with van der Waals surface area (Å²) in [6, 6.07) is 2.76. The predicted octanol–water partition coefficient (Wildman–Crippen LogP) is 8.09. The van der Waals surface area contributed by atoms with Gasteiger partial charge in [-0.1, -0.05) is 32.6 Å². The molecule has 29 heavy (non-hydrogen) atoms. The van der Waals surface area contributed by atoms with Crippen LogP contribution in [0.2, 0.25) is 0 Å². The lowest BCUT2D eigenvalue weighted by atomic mass is 9.68. The lowest BCUT2D eigenvalue weighted by Crippen LogP contribution is -2.26. The Kier molecular flexibility index (Phi) is 8.08. The van der Waals surface area contributed by atoms with Gasteiger partial charge in [0.25, 0.3) is 0 Å². The molecule has 0 spiro atoms. The molecule has 162 valence electrons. The van der Waals surface area contributed by atoms with Crippen LogP contribution in [0.1, 0.15) is 83.6 Å². The fraction of sp³-hybridized carbons (Fsp3) is 0.680. The van der Waals surface area contributed by atoms with Crippen molar-refractivity contribution in [3.05, 3.63) is 35.2 Å². The van der Waals surface area contributed by atoms with Crippen molar-refractivity contribution >= 4 is 6.08 Å². The van der Waals surface area contributed by atoms with E-state index in [-0.39, 0.29) is 29.7 Å². The van der Waals surface area contributed by atoms with Gasteiger partial charge >= 0.3 is 0 Å². The Morgan fingerprint density at radius 3 is 2.14 bits per heavy atom. The summed E-state index contributed by atoms with van der Waals surface area (Å²) in [5.41, 5.74) is -0.0418. The van der Waals surface area contributed by atoms with Crippen LogP contribution in [0.4, 0.5) is 13.2 Å². The second kappa shape index (κ2) is 10.5. The molecule has 0 heterocycles. The minimum absolute atomic E-state index is 0.0418. The van der Waals surface area contributed by atoms with E-state index in [1.807, 2.05) is 0 Å². The molecule has 4 heteroatoms. The maximum absolute atomic E-state index is 14.8. The van der Waals surface area contributed by atoms with Crippen LogP contribution in [0, 0.1) is 35.3 Å². The minimum Gasteiger partial charge on any atom is -0.491 e. The Morgan fingerprint density at radius 2 is 1.55 bits per heavy atom. The lowest BCUT2D eigenvalue weighted by Gasteiger charge is -2.37. The summed E-state index contributed by atoms with van der Waals surface area (Å²) in [6.45, 7) is 4.23. The summed E-state index contributed by atoms with van der Waals surface area (Å²) in [5.74, 6) is -0.280. The molecule has 1 nitrogen and oxygen atoms in total. The zero-order valence-corrected chi connectivity index (χ0v) is 17.9. The zero-order valence-electron chi connectivity index (χ0n) is 17.9. The highest BCUT2D eigenvalue weighted by atomic mass is 19.2. The van der Waals surface area contributed by atoms with E-state index in [9.17, 15) is 13.2 Å². The molecule has 0 bridgehead atoms. The van der Waals surface area contributed by atoms with Gasteiger partial charge in [0.2, 0.25) is 5.82 Å². The Morgan fingerprint density at radius 1 is 0.931 bits per heavy atom. The summed E-state index contributed by atoms with van der Waals surface area (Å²) in [7, 11) is 0. The molecule has 3 rings (SSSR count). The van der Waals surface area contributed by atoms with Crippen molar-refractivity contribution in [1.29, 1.82) is 0 Å². The molecular weight excluding hydrogens is 373 g/mol. The number of halogens is 3. The summed E-state index contributed by atoms with van der Waals surface area (Å²) >= 11 is 0. The van der Waals surface area contributed by atoms with E-state index in [1.54, 1.807) is 6.92 Å². The van der Waals surface area contributed by atoms with Crippen LogP contribution in [0.15, 0.2) is 18.0 Å². The second-order valence-electron chi connectivity index (χ2n) is 8.92. The smallest absolute Gasteiger partial charge is 0.201 e. The number of hydrogen-bond acceptors (Lipinski definition) is 1. The van der Waals surface area contributed by atoms with Crippen LogP contribution in [0.3, 0.4) is 0 Å². The van der Waals surface area contributed by atoms with E-state index >= 15 is 0 Å². The van der Waals surface area contributed by atoms with Crippen molar-refractivity contribution in [2.45, 2.75) is 78.1 Å². The minimum atomic E-state index is -1.05. The molecule has 1 aromatic rings. The molecule has 0 amide bonds. The number of benzene rings is 1. The molecule has 0 atom stereocenters. The van der Waals surface area contributed by atoms with Crippen LogP contribution in [-0.2, 0) is 0 Å². The molecule has 2 aliphatic rings. The molecule has 1 aromatic carbocycles. The first-order chi connectivity index (χ1) is 14.0. The van der Waals surface area contributed by atoms with Crippen molar-refractivity contribution in [2.75, 3.05) is 6.61 Å². The van der Waals surface area contributed by atoms with Gasteiger partial charge in [-0.15, -0.1) is 0 Å². The van der Waals surface area contributed by atoms with Crippen LogP contribution in [0.5, 0.6) is 5.75 Å². The van der Waals surface area contributed by atoms with E-state index < -0.39 is 11.6 Å². The fourth-order valence-corrected chi connectivity index (χ4v) is 5.41. The monoisotopic (exact) mass is 408 g/mol. The highest BCUT2D eigenvalue weighted by Crippen LogP contribution is 2.44. The number of allylic oxidation sites excluding steroid dienone is 1. The maximum Gasteiger partial charge on any atom is 0.201 e. The van der Waals surface area contributed by atoms with Gasteiger partial charge in [-0.25, -0.2) is 8.78 Å². The third-order valence-corrected chi connectivity index (χ3v) is 7.09. The predicted molar refractivity (Wildman–Crippen MR) is 112 cm³/mol. The van der Waals surface area contributed by atoms with Crippen molar-refractivity contribution in [2.24, 2.45) is 23.7 Å². The van der Waals surface area contributed by atoms with Gasteiger partial charge < -0.3 is 4.74 Å². The SMILES string of the molecule is CCCC1CCC(C2CCC(/C(F)=C/c3ccc(OCC)c(F)c3F)CC2)CC1. The average molecular weight is 409 g/mol. The van der Waals surface area contributed by atoms with E-state index in [0.717, 1.165) is 37.5 Å². The molecule has 2 aliphatic carbocycles. The van der Waals surface area contributed by atoms with Crippen LogP contribution >= 0.6 is 0 Å². The molecular formula is C25H35F3O. The van der Waals surface area contributed by atoms with E-state index in [2.05, 4.69) is 6.92 Å². The van der Waals surface area contributed by atoms with Crippen molar-refractivity contribution < 1.29 is 17.9 Å². The number of ether oxygens (including phenoxy) is 1. The van der Waals surface area contributed by atoms with Crippen LogP contribution < -0.4 is 4.74 Å². The normalized spacial score (nSPS) is 28.4. The largest absolute Gasteiger partial charge is 0.491 e. The maximum atomic E-state index is 14.8.